The van der Waals surface area contributed by atoms with E-state index in [1.807, 2.05) is 24.3 Å². The predicted molar refractivity (Wildman–Crippen MR) is 63.1 cm³/mol. The van der Waals surface area contributed by atoms with Crippen molar-refractivity contribution in [1.29, 1.82) is 0 Å². The molecule has 0 amide bonds. The lowest BCUT2D eigenvalue weighted by atomic mass is 9.93. The lowest BCUT2D eigenvalue weighted by Crippen LogP contribution is -2.26. The maximum Gasteiger partial charge on any atom is 0.142 e. The first kappa shape index (κ1) is 11.1. The first-order chi connectivity index (χ1) is 7.75. The smallest absolute Gasteiger partial charge is 0.142 e. The Morgan fingerprint density at radius 2 is 2.12 bits per heavy atom. The summed E-state index contributed by atoms with van der Waals surface area (Å²) in [4.78, 5) is 11.9. The van der Waals surface area contributed by atoms with Gasteiger partial charge in [-0.15, -0.1) is 0 Å². The Morgan fingerprint density at radius 1 is 1.38 bits per heavy atom. The molecule has 0 spiro atoms. The van der Waals surface area contributed by atoms with Crippen LogP contribution in [-0.2, 0) is 16.0 Å². The van der Waals surface area contributed by atoms with Gasteiger partial charge in [0.05, 0.1) is 6.61 Å². The molecule has 86 valence electrons. The number of nitrogen functional groups attached to an aromatic ring is 1. The molecule has 1 aromatic carbocycles. The standard InChI is InChI=1S/C13H17NO2/c14-12-5-3-10(4-6-12)8-13(15)11-2-1-7-16-9-11/h3-6,11H,1-2,7-9,14H2. The van der Waals surface area contributed by atoms with Crippen LogP contribution < -0.4 is 5.73 Å². The van der Waals surface area contributed by atoms with Crippen molar-refractivity contribution in [2.75, 3.05) is 18.9 Å². The maximum atomic E-state index is 11.9. The van der Waals surface area contributed by atoms with Crippen LogP contribution in [0.4, 0.5) is 5.69 Å². The van der Waals surface area contributed by atoms with Gasteiger partial charge in [0.2, 0.25) is 0 Å². The van der Waals surface area contributed by atoms with Gasteiger partial charge in [-0.05, 0) is 30.5 Å². The molecule has 0 aromatic heterocycles. The van der Waals surface area contributed by atoms with E-state index in [1.54, 1.807) is 0 Å². The highest BCUT2D eigenvalue weighted by molar-refractivity contribution is 5.83. The zero-order chi connectivity index (χ0) is 11.4. The van der Waals surface area contributed by atoms with E-state index in [1.165, 1.54) is 0 Å². The molecule has 3 nitrogen and oxygen atoms in total. The molecule has 1 unspecified atom stereocenters. The summed E-state index contributed by atoms with van der Waals surface area (Å²) in [6.45, 7) is 1.39. The maximum absolute atomic E-state index is 11.9. The Labute approximate surface area is 95.6 Å². The second-order valence-corrected chi connectivity index (χ2v) is 4.30. The third-order valence-electron chi connectivity index (χ3n) is 2.97. The van der Waals surface area contributed by atoms with Crippen molar-refractivity contribution < 1.29 is 9.53 Å². The minimum Gasteiger partial charge on any atom is -0.399 e. The first-order valence-corrected chi connectivity index (χ1v) is 5.70. The zero-order valence-electron chi connectivity index (χ0n) is 9.32. The quantitative estimate of drug-likeness (QED) is 0.789. The van der Waals surface area contributed by atoms with E-state index in [2.05, 4.69) is 0 Å². The summed E-state index contributed by atoms with van der Waals surface area (Å²) < 4.78 is 5.32. The Morgan fingerprint density at radius 3 is 2.75 bits per heavy atom. The number of rotatable bonds is 3. The minimum atomic E-state index is 0.0892. The number of hydrogen-bond donors (Lipinski definition) is 1. The van der Waals surface area contributed by atoms with Crippen LogP contribution in [-0.4, -0.2) is 19.0 Å². The Kier molecular flexibility index (Phi) is 3.57. The summed E-state index contributed by atoms with van der Waals surface area (Å²) in [5.41, 5.74) is 7.36. The highest BCUT2D eigenvalue weighted by Crippen LogP contribution is 2.17. The second kappa shape index (κ2) is 5.12. The summed E-state index contributed by atoms with van der Waals surface area (Å²) in [6, 6.07) is 7.49. The molecule has 1 aliphatic rings. The van der Waals surface area contributed by atoms with Gasteiger partial charge in [-0.25, -0.2) is 0 Å². The predicted octanol–water partition coefficient (Wildman–Crippen LogP) is 1.81. The van der Waals surface area contributed by atoms with Crippen molar-refractivity contribution in [2.45, 2.75) is 19.3 Å². The largest absolute Gasteiger partial charge is 0.399 e. The topological polar surface area (TPSA) is 52.3 Å². The molecule has 1 fully saturated rings. The van der Waals surface area contributed by atoms with Crippen LogP contribution in [0.1, 0.15) is 18.4 Å². The molecule has 1 aromatic rings. The Bertz CT molecular complexity index is 353. The van der Waals surface area contributed by atoms with E-state index in [-0.39, 0.29) is 11.7 Å². The summed E-state index contributed by atoms with van der Waals surface area (Å²) in [5, 5.41) is 0. The van der Waals surface area contributed by atoms with Gasteiger partial charge in [-0.2, -0.15) is 0 Å². The van der Waals surface area contributed by atoms with Gasteiger partial charge < -0.3 is 10.5 Å². The number of carbonyl (C=O) groups excluding carboxylic acids is 1. The molecule has 0 saturated carbocycles. The monoisotopic (exact) mass is 219 g/mol. The average Bonchev–Trinajstić information content (AvgIpc) is 2.33. The number of Topliss-reactive ketones (excluding diaryl/α,β-unsaturated/α-hetero) is 1. The summed E-state index contributed by atoms with van der Waals surface area (Å²) in [6.07, 6.45) is 2.46. The molecule has 1 heterocycles. The van der Waals surface area contributed by atoms with E-state index >= 15 is 0 Å². The van der Waals surface area contributed by atoms with Crippen LogP contribution in [0.25, 0.3) is 0 Å². The van der Waals surface area contributed by atoms with Crippen molar-refractivity contribution in [3.05, 3.63) is 29.8 Å². The molecule has 0 aliphatic carbocycles. The van der Waals surface area contributed by atoms with Crippen LogP contribution in [0, 0.1) is 5.92 Å². The molecule has 1 aliphatic heterocycles. The van der Waals surface area contributed by atoms with Crippen molar-refractivity contribution in [3.63, 3.8) is 0 Å². The van der Waals surface area contributed by atoms with Crippen molar-refractivity contribution in [3.8, 4) is 0 Å². The van der Waals surface area contributed by atoms with Crippen LogP contribution in [0.3, 0.4) is 0 Å². The minimum absolute atomic E-state index is 0.0892. The lowest BCUT2D eigenvalue weighted by Gasteiger charge is -2.20. The molecule has 0 radical (unpaired) electrons. The molecule has 3 heteroatoms. The van der Waals surface area contributed by atoms with Crippen molar-refractivity contribution in [1.82, 2.24) is 0 Å². The molecule has 0 bridgehead atoms. The Balaban J connectivity index is 1.93. The lowest BCUT2D eigenvalue weighted by molar-refractivity contribution is -0.126. The fourth-order valence-electron chi connectivity index (χ4n) is 1.98. The van der Waals surface area contributed by atoms with E-state index < -0.39 is 0 Å². The molecule has 1 atom stereocenters. The van der Waals surface area contributed by atoms with E-state index in [4.69, 9.17) is 10.5 Å². The average molecular weight is 219 g/mol. The number of hydrogen-bond acceptors (Lipinski definition) is 3. The van der Waals surface area contributed by atoms with Gasteiger partial charge in [0.1, 0.15) is 5.78 Å². The fraction of sp³-hybridized carbons (Fsp3) is 0.462. The number of ketones is 1. The van der Waals surface area contributed by atoms with Crippen LogP contribution >= 0.6 is 0 Å². The van der Waals surface area contributed by atoms with E-state index in [9.17, 15) is 4.79 Å². The molecule has 16 heavy (non-hydrogen) atoms. The van der Waals surface area contributed by atoms with Gasteiger partial charge >= 0.3 is 0 Å². The van der Waals surface area contributed by atoms with Gasteiger partial charge in [-0.1, -0.05) is 12.1 Å². The number of benzene rings is 1. The molecule has 2 N–H and O–H groups in total. The summed E-state index contributed by atoms with van der Waals surface area (Å²) in [7, 11) is 0. The van der Waals surface area contributed by atoms with Crippen LogP contribution in [0.15, 0.2) is 24.3 Å². The number of anilines is 1. The van der Waals surface area contributed by atoms with Gasteiger partial charge in [0, 0.05) is 24.6 Å². The van der Waals surface area contributed by atoms with Gasteiger partial charge in [0.25, 0.3) is 0 Å². The zero-order valence-corrected chi connectivity index (χ0v) is 9.32. The Hall–Kier alpha value is -1.35. The number of carbonyl (C=O) groups is 1. The van der Waals surface area contributed by atoms with Gasteiger partial charge in [-0.3, -0.25) is 4.79 Å². The number of nitrogens with two attached hydrogens (primary N) is 1. The van der Waals surface area contributed by atoms with Gasteiger partial charge in [0.15, 0.2) is 0 Å². The molecule has 2 rings (SSSR count). The third-order valence-corrected chi connectivity index (χ3v) is 2.97. The number of ether oxygens (including phenoxy) is 1. The second-order valence-electron chi connectivity index (χ2n) is 4.30. The molecular weight excluding hydrogens is 202 g/mol. The summed E-state index contributed by atoms with van der Waals surface area (Å²) >= 11 is 0. The molecular formula is C13H17NO2. The van der Waals surface area contributed by atoms with Crippen LogP contribution in [0.2, 0.25) is 0 Å². The van der Waals surface area contributed by atoms with E-state index in [0.717, 1.165) is 30.7 Å². The fourth-order valence-corrected chi connectivity index (χ4v) is 1.98. The van der Waals surface area contributed by atoms with Crippen molar-refractivity contribution >= 4 is 11.5 Å². The normalized spacial score (nSPS) is 20.6. The highest BCUT2D eigenvalue weighted by Gasteiger charge is 2.21. The highest BCUT2D eigenvalue weighted by atomic mass is 16.5. The third kappa shape index (κ3) is 2.83. The SMILES string of the molecule is Nc1ccc(CC(=O)C2CCCOC2)cc1. The molecule has 1 saturated heterocycles. The summed E-state index contributed by atoms with van der Waals surface area (Å²) in [5.74, 6) is 0.371. The van der Waals surface area contributed by atoms with Crippen LogP contribution in [0.5, 0.6) is 0 Å². The van der Waals surface area contributed by atoms with Crippen molar-refractivity contribution in [2.24, 2.45) is 5.92 Å². The first-order valence-electron chi connectivity index (χ1n) is 5.70. The van der Waals surface area contributed by atoms with E-state index in [0.29, 0.717) is 13.0 Å².